The molecule has 1 aliphatic heterocycles. The molecule has 0 aliphatic carbocycles. The van der Waals surface area contributed by atoms with Crippen molar-refractivity contribution in [3.63, 3.8) is 0 Å². The summed E-state index contributed by atoms with van der Waals surface area (Å²) in [7, 11) is 0. The molecular formula is C34H25BrClN3O4S2. The van der Waals surface area contributed by atoms with Crippen LogP contribution in [0.1, 0.15) is 33.9 Å². The van der Waals surface area contributed by atoms with Crippen LogP contribution in [0.5, 0.6) is 5.75 Å². The molecule has 0 saturated carbocycles. The molecule has 1 amide bonds. The summed E-state index contributed by atoms with van der Waals surface area (Å²) in [5.41, 5.74) is 4.12. The summed E-state index contributed by atoms with van der Waals surface area (Å²) in [4.78, 5) is 28.5. The van der Waals surface area contributed by atoms with Crippen molar-refractivity contribution in [2.75, 3.05) is 4.90 Å². The first-order valence-corrected chi connectivity index (χ1v) is 16.8. The van der Waals surface area contributed by atoms with Gasteiger partial charge in [-0.15, -0.1) is 10.2 Å². The number of aliphatic hydroxyl groups excluding tert-OH is 1. The van der Waals surface area contributed by atoms with Crippen molar-refractivity contribution in [2.24, 2.45) is 0 Å². The third-order valence-corrected chi connectivity index (χ3v) is 10.3. The van der Waals surface area contributed by atoms with Gasteiger partial charge in [0.15, 0.2) is 4.34 Å². The molecule has 1 unspecified atom stereocenters. The van der Waals surface area contributed by atoms with Crippen molar-refractivity contribution >= 4 is 73.2 Å². The normalized spacial score (nSPS) is 15.9. The molecule has 11 heteroatoms. The van der Waals surface area contributed by atoms with Gasteiger partial charge in [-0.3, -0.25) is 14.5 Å². The van der Waals surface area contributed by atoms with Crippen molar-refractivity contribution in [2.45, 2.75) is 29.7 Å². The van der Waals surface area contributed by atoms with Gasteiger partial charge in [0.1, 0.15) is 18.1 Å². The Labute approximate surface area is 281 Å². The first-order valence-electron chi connectivity index (χ1n) is 13.8. The van der Waals surface area contributed by atoms with Gasteiger partial charge in [-0.25, -0.2) is 0 Å². The van der Waals surface area contributed by atoms with E-state index in [0.29, 0.717) is 38.6 Å². The number of anilines is 1. The van der Waals surface area contributed by atoms with E-state index < -0.39 is 17.7 Å². The Balaban J connectivity index is 1.31. The van der Waals surface area contributed by atoms with E-state index in [2.05, 4.69) is 26.1 Å². The number of Topliss-reactive ketones (excluding diaryl/α,β-unsaturated/α-hetero) is 1. The lowest BCUT2D eigenvalue weighted by atomic mass is 9.95. The molecule has 7 nitrogen and oxygen atoms in total. The molecule has 6 rings (SSSR count). The number of hydrogen-bond acceptors (Lipinski definition) is 8. The standard InChI is InChI=1S/C34H25BrClN3O4S2/c1-20-7-2-3-8-23(20)18-43-26-15-13-21(14-16-26)30(40)28-29(22-10-6-11-25(35)17-22)39(32(42)31(28)41)33-37-38-34(45-33)44-19-24-9-4-5-12-27(24)36/h2-17,29,40H,18-19H2,1H3/b30-28+. The van der Waals surface area contributed by atoms with Crippen molar-refractivity contribution in [3.8, 4) is 5.75 Å². The monoisotopic (exact) mass is 717 g/mol. The molecule has 1 aliphatic rings. The third kappa shape index (κ3) is 6.69. The maximum absolute atomic E-state index is 13.6. The van der Waals surface area contributed by atoms with Gasteiger partial charge in [-0.2, -0.15) is 0 Å². The van der Waals surface area contributed by atoms with Gasteiger partial charge in [0, 0.05) is 20.8 Å². The van der Waals surface area contributed by atoms with Crippen LogP contribution in [0.25, 0.3) is 5.76 Å². The largest absolute Gasteiger partial charge is 0.507 e. The first-order chi connectivity index (χ1) is 21.8. The summed E-state index contributed by atoms with van der Waals surface area (Å²) in [5.74, 6) is -0.720. The molecule has 0 bridgehead atoms. The van der Waals surface area contributed by atoms with Crippen LogP contribution in [0.2, 0.25) is 5.02 Å². The number of rotatable bonds is 9. The number of thioether (sulfide) groups is 1. The van der Waals surface area contributed by atoms with E-state index >= 15 is 0 Å². The maximum Gasteiger partial charge on any atom is 0.301 e. The van der Waals surface area contributed by atoms with Crippen molar-refractivity contribution in [1.82, 2.24) is 10.2 Å². The van der Waals surface area contributed by atoms with E-state index in [1.807, 2.05) is 73.7 Å². The molecule has 1 aromatic heterocycles. The minimum atomic E-state index is -0.922. The average Bonchev–Trinajstić information content (AvgIpc) is 3.62. The molecule has 0 radical (unpaired) electrons. The molecule has 1 saturated heterocycles. The number of aryl methyl sites for hydroxylation is 1. The summed E-state index contributed by atoms with van der Waals surface area (Å²) in [6, 6.07) is 28.7. The van der Waals surface area contributed by atoms with Crippen LogP contribution in [0.15, 0.2) is 111 Å². The third-order valence-electron chi connectivity index (χ3n) is 7.30. The van der Waals surface area contributed by atoms with Crippen LogP contribution >= 0.6 is 50.6 Å². The molecule has 45 heavy (non-hydrogen) atoms. The predicted octanol–water partition coefficient (Wildman–Crippen LogP) is 8.76. The Bertz CT molecular complexity index is 1930. The molecule has 0 spiro atoms. The fourth-order valence-electron chi connectivity index (χ4n) is 4.93. The second kappa shape index (κ2) is 13.6. The minimum absolute atomic E-state index is 0.0350. The van der Waals surface area contributed by atoms with E-state index in [-0.39, 0.29) is 16.5 Å². The molecule has 1 N–H and O–H groups in total. The zero-order chi connectivity index (χ0) is 31.5. The highest BCUT2D eigenvalue weighted by molar-refractivity contribution is 9.10. The van der Waals surface area contributed by atoms with Crippen LogP contribution in [0.4, 0.5) is 5.13 Å². The number of hydrogen-bond donors (Lipinski definition) is 1. The smallest absolute Gasteiger partial charge is 0.301 e. The van der Waals surface area contributed by atoms with Gasteiger partial charge in [-0.1, -0.05) is 105 Å². The Morgan fingerprint density at radius 1 is 0.978 bits per heavy atom. The van der Waals surface area contributed by atoms with Crippen LogP contribution in [0.3, 0.4) is 0 Å². The maximum atomic E-state index is 13.6. The number of amides is 1. The number of halogens is 2. The van der Waals surface area contributed by atoms with Gasteiger partial charge in [0.2, 0.25) is 5.13 Å². The minimum Gasteiger partial charge on any atom is -0.507 e. The second-order valence-electron chi connectivity index (χ2n) is 10.2. The highest BCUT2D eigenvalue weighted by atomic mass is 79.9. The number of benzene rings is 4. The molecule has 226 valence electrons. The van der Waals surface area contributed by atoms with Crippen LogP contribution in [-0.4, -0.2) is 27.0 Å². The summed E-state index contributed by atoms with van der Waals surface area (Å²) in [6.45, 7) is 2.42. The lowest BCUT2D eigenvalue weighted by molar-refractivity contribution is -0.132. The van der Waals surface area contributed by atoms with Crippen molar-refractivity contribution < 1.29 is 19.4 Å². The van der Waals surface area contributed by atoms with Gasteiger partial charge in [0.05, 0.1) is 11.6 Å². The molecule has 1 atom stereocenters. The Kier molecular flexibility index (Phi) is 9.37. The van der Waals surface area contributed by atoms with Crippen molar-refractivity contribution in [1.29, 1.82) is 0 Å². The zero-order valence-electron chi connectivity index (χ0n) is 23.8. The number of aromatic nitrogens is 2. The van der Waals surface area contributed by atoms with Gasteiger partial charge < -0.3 is 9.84 Å². The lowest BCUT2D eigenvalue weighted by Crippen LogP contribution is -2.29. The van der Waals surface area contributed by atoms with E-state index in [4.69, 9.17) is 16.3 Å². The molecule has 2 heterocycles. The number of ketones is 1. The Hall–Kier alpha value is -3.96. The van der Waals surface area contributed by atoms with Gasteiger partial charge >= 0.3 is 5.91 Å². The zero-order valence-corrected chi connectivity index (χ0v) is 27.8. The van der Waals surface area contributed by atoms with Gasteiger partial charge in [0.25, 0.3) is 5.78 Å². The van der Waals surface area contributed by atoms with Crippen LogP contribution in [-0.2, 0) is 21.9 Å². The fraction of sp³-hybridized carbons (Fsp3) is 0.118. The molecule has 4 aromatic carbocycles. The topological polar surface area (TPSA) is 92.6 Å². The Morgan fingerprint density at radius 3 is 2.44 bits per heavy atom. The van der Waals surface area contributed by atoms with E-state index in [1.165, 1.54) is 28.0 Å². The number of ether oxygens (including phenoxy) is 1. The van der Waals surface area contributed by atoms with Crippen LogP contribution in [0, 0.1) is 6.92 Å². The number of nitrogens with zero attached hydrogens (tertiary/aromatic N) is 3. The fourth-order valence-corrected chi connectivity index (χ4v) is 7.50. The van der Waals surface area contributed by atoms with Crippen molar-refractivity contribution in [3.05, 3.63) is 140 Å². The SMILES string of the molecule is Cc1ccccc1COc1ccc(/C(O)=C2\C(=O)C(=O)N(c3nnc(SCc4ccccc4Cl)s3)C2c2cccc(Br)c2)cc1. The quantitative estimate of drug-likeness (QED) is 0.0536. The summed E-state index contributed by atoms with van der Waals surface area (Å²) >= 11 is 12.4. The second-order valence-corrected chi connectivity index (χ2v) is 13.7. The lowest BCUT2D eigenvalue weighted by Gasteiger charge is -2.22. The summed E-state index contributed by atoms with van der Waals surface area (Å²) in [5, 5.41) is 21.0. The predicted molar refractivity (Wildman–Crippen MR) is 182 cm³/mol. The highest BCUT2D eigenvalue weighted by Gasteiger charge is 2.48. The van der Waals surface area contributed by atoms with Crippen LogP contribution < -0.4 is 9.64 Å². The van der Waals surface area contributed by atoms with Gasteiger partial charge in [-0.05, 0) is 71.6 Å². The number of carbonyl (C=O) groups is 2. The number of aliphatic hydroxyl groups is 1. The molecule has 5 aromatic rings. The van der Waals surface area contributed by atoms with E-state index in [9.17, 15) is 14.7 Å². The highest BCUT2D eigenvalue weighted by Crippen LogP contribution is 2.44. The summed E-state index contributed by atoms with van der Waals surface area (Å²) in [6.07, 6.45) is 0. The molecule has 1 fully saturated rings. The number of carbonyl (C=O) groups excluding carboxylic acids is 2. The Morgan fingerprint density at radius 2 is 1.71 bits per heavy atom. The molecular weight excluding hydrogens is 694 g/mol. The summed E-state index contributed by atoms with van der Waals surface area (Å²) < 4.78 is 7.32. The first kappa shape index (κ1) is 31.0. The average molecular weight is 719 g/mol. The van der Waals surface area contributed by atoms with E-state index in [1.54, 1.807) is 30.3 Å². The van der Waals surface area contributed by atoms with E-state index in [0.717, 1.165) is 21.2 Å².